The molecule has 0 aliphatic rings. The molecule has 1 amide bonds. The molecule has 0 saturated heterocycles. The lowest BCUT2D eigenvalue weighted by atomic mass is 10.2. The van der Waals surface area contributed by atoms with E-state index in [2.05, 4.69) is 10.3 Å². The highest BCUT2D eigenvalue weighted by Crippen LogP contribution is 2.19. The van der Waals surface area contributed by atoms with Gasteiger partial charge >= 0.3 is 5.76 Å². The van der Waals surface area contributed by atoms with Crippen molar-refractivity contribution in [3.63, 3.8) is 0 Å². The van der Waals surface area contributed by atoms with E-state index in [1.807, 2.05) is 0 Å². The molecule has 0 aliphatic heterocycles. The molecule has 1 heterocycles. The molecule has 3 rings (SSSR count). The zero-order valence-electron chi connectivity index (χ0n) is 10.4. The van der Waals surface area contributed by atoms with Gasteiger partial charge in [0.1, 0.15) is 5.82 Å². The molecule has 0 unspecified atom stereocenters. The summed E-state index contributed by atoms with van der Waals surface area (Å²) in [4.78, 5) is 25.5. The first kappa shape index (κ1) is 13.4. The van der Waals surface area contributed by atoms with Gasteiger partial charge in [0.05, 0.1) is 11.1 Å². The lowest BCUT2D eigenvalue weighted by Gasteiger charge is -2.06. The number of carbonyl (C=O) groups is 1. The molecule has 7 heteroatoms. The molecule has 0 aliphatic carbocycles. The second kappa shape index (κ2) is 5.06. The van der Waals surface area contributed by atoms with Gasteiger partial charge in [-0.05, 0) is 36.4 Å². The Balaban J connectivity index is 1.92. The minimum Gasteiger partial charge on any atom is -0.408 e. The van der Waals surface area contributed by atoms with Crippen LogP contribution in [-0.4, -0.2) is 10.9 Å². The number of H-pyrrole nitrogens is 1. The Labute approximate surface area is 122 Å². The number of hydrogen-bond donors (Lipinski definition) is 2. The third-order valence-corrected chi connectivity index (χ3v) is 3.08. The fourth-order valence-corrected chi connectivity index (χ4v) is 2.07. The van der Waals surface area contributed by atoms with Gasteiger partial charge < -0.3 is 9.73 Å². The summed E-state index contributed by atoms with van der Waals surface area (Å²) in [5.74, 6) is -1.90. The predicted octanol–water partition coefficient (Wildman–Crippen LogP) is 3.17. The first-order valence-corrected chi connectivity index (χ1v) is 6.30. The van der Waals surface area contributed by atoms with Crippen molar-refractivity contribution in [1.29, 1.82) is 0 Å². The Hall–Kier alpha value is -2.60. The normalized spacial score (nSPS) is 10.8. The SMILES string of the molecule is O=C(Nc1ccc2oc(=O)[nH]c2c1)c1cc(Cl)ccc1F. The Bertz CT molecular complexity index is 901. The predicted molar refractivity (Wildman–Crippen MR) is 76.2 cm³/mol. The number of benzene rings is 2. The van der Waals surface area contributed by atoms with Gasteiger partial charge in [0.25, 0.3) is 5.91 Å². The highest BCUT2D eigenvalue weighted by molar-refractivity contribution is 6.31. The van der Waals surface area contributed by atoms with Gasteiger partial charge in [-0.2, -0.15) is 0 Å². The van der Waals surface area contributed by atoms with Crippen LogP contribution in [0.15, 0.2) is 45.6 Å². The van der Waals surface area contributed by atoms with Crippen molar-refractivity contribution >= 4 is 34.3 Å². The molecule has 5 nitrogen and oxygen atoms in total. The summed E-state index contributed by atoms with van der Waals surface area (Å²) in [6, 6.07) is 8.30. The van der Waals surface area contributed by atoms with E-state index in [0.29, 0.717) is 16.8 Å². The second-order valence-corrected chi connectivity index (χ2v) is 4.74. The fourth-order valence-electron chi connectivity index (χ4n) is 1.90. The number of rotatable bonds is 2. The van der Waals surface area contributed by atoms with Crippen molar-refractivity contribution in [2.75, 3.05) is 5.32 Å². The standard InChI is InChI=1S/C14H8ClFN2O3/c15-7-1-3-10(16)9(5-7)13(19)17-8-2-4-12-11(6-8)18-14(20)21-12/h1-6H,(H,17,19)(H,18,20). The van der Waals surface area contributed by atoms with Gasteiger partial charge in [0.15, 0.2) is 5.58 Å². The van der Waals surface area contributed by atoms with Crippen LogP contribution in [0.5, 0.6) is 0 Å². The van der Waals surface area contributed by atoms with Crippen LogP contribution in [0, 0.1) is 5.82 Å². The Morgan fingerprint density at radius 2 is 2.05 bits per heavy atom. The molecular weight excluding hydrogens is 299 g/mol. The molecule has 0 atom stereocenters. The number of carbonyl (C=O) groups excluding carboxylic acids is 1. The Morgan fingerprint density at radius 3 is 2.86 bits per heavy atom. The number of fused-ring (bicyclic) bond motifs is 1. The number of halogens is 2. The first-order chi connectivity index (χ1) is 10.0. The van der Waals surface area contributed by atoms with Gasteiger partial charge in [-0.3, -0.25) is 9.78 Å². The maximum Gasteiger partial charge on any atom is 0.417 e. The van der Waals surface area contributed by atoms with E-state index in [9.17, 15) is 14.0 Å². The molecular formula is C14H8ClFN2O3. The summed E-state index contributed by atoms with van der Waals surface area (Å²) >= 11 is 5.75. The third-order valence-electron chi connectivity index (χ3n) is 2.85. The van der Waals surface area contributed by atoms with Gasteiger partial charge in [-0.1, -0.05) is 11.6 Å². The van der Waals surface area contributed by atoms with Crippen molar-refractivity contribution in [2.24, 2.45) is 0 Å². The molecule has 1 aromatic heterocycles. The molecule has 0 radical (unpaired) electrons. The maximum atomic E-state index is 13.6. The molecule has 2 N–H and O–H groups in total. The summed E-state index contributed by atoms with van der Waals surface area (Å²) < 4.78 is 18.4. The molecule has 0 spiro atoms. The minimum atomic E-state index is -0.672. The lowest BCUT2D eigenvalue weighted by Crippen LogP contribution is -2.13. The van der Waals surface area contributed by atoms with Crippen LogP contribution in [0.1, 0.15) is 10.4 Å². The first-order valence-electron chi connectivity index (χ1n) is 5.92. The average molecular weight is 307 g/mol. The number of amides is 1. The van der Waals surface area contributed by atoms with E-state index < -0.39 is 17.5 Å². The zero-order valence-corrected chi connectivity index (χ0v) is 11.2. The quantitative estimate of drug-likeness (QED) is 0.763. The Kier molecular flexibility index (Phi) is 3.23. The number of aromatic nitrogens is 1. The summed E-state index contributed by atoms with van der Waals surface area (Å²) in [6.45, 7) is 0. The highest BCUT2D eigenvalue weighted by Gasteiger charge is 2.13. The molecule has 0 bridgehead atoms. The lowest BCUT2D eigenvalue weighted by molar-refractivity contribution is 0.102. The van der Waals surface area contributed by atoms with Crippen molar-refractivity contribution in [1.82, 2.24) is 4.98 Å². The van der Waals surface area contributed by atoms with Crippen molar-refractivity contribution in [2.45, 2.75) is 0 Å². The van der Waals surface area contributed by atoms with E-state index in [4.69, 9.17) is 16.0 Å². The summed E-state index contributed by atoms with van der Waals surface area (Å²) in [5, 5.41) is 2.79. The maximum absolute atomic E-state index is 13.6. The van der Waals surface area contributed by atoms with Crippen LogP contribution in [0.4, 0.5) is 10.1 Å². The van der Waals surface area contributed by atoms with Crippen molar-refractivity contribution in [3.05, 3.63) is 63.4 Å². The van der Waals surface area contributed by atoms with Gasteiger partial charge in [0.2, 0.25) is 0 Å². The monoisotopic (exact) mass is 306 g/mol. The number of aromatic amines is 1. The van der Waals surface area contributed by atoms with Crippen LogP contribution >= 0.6 is 11.6 Å². The number of hydrogen-bond acceptors (Lipinski definition) is 3. The van der Waals surface area contributed by atoms with Gasteiger partial charge in [-0.25, -0.2) is 9.18 Å². The second-order valence-electron chi connectivity index (χ2n) is 4.30. The Morgan fingerprint density at radius 1 is 1.24 bits per heavy atom. The van der Waals surface area contributed by atoms with E-state index in [0.717, 1.165) is 6.07 Å². The smallest absolute Gasteiger partial charge is 0.408 e. The van der Waals surface area contributed by atoms with Gasteiger partial charge in [0, 0.05) is 10.7 Å². The van der Waals surface area contributed by atoms with Gasteiger partial charge in [-0.15, -0.1) is 0 Å². The average Bonchev–Trinajstić information content (AvgIpc) is 2.80. The molecule has 0 saturated carbocycles. The zero-order chi connectivity index (χ0) is 15.0. The van der Waals surface area contributed by atoms with Crippen LogP contribution in [0.3, 0.4) is 0 Å². The molecule has 2 aromatic carbocycles. The van der Waals surface area contributed by atoms with Crippen LogP contribution < -0.4 is 11.1 Å². The van der Waals surface area contributed by atoms with E-state index in [1.165, 1.54) is 24.3 Å². The topological polar surface area (TPSA) is 75.1 Å². The summed E-state index contributed by atoms with van der Waals surface area (Å²) in [5.41, 5.74) is 1.03. The number of anilines is 1. The highest BCUT2D eigenvalue weighted by atomic mass is 35.5. The minimum absolute atomic E-state index is 0.164. The van der Waals surface area contributed by atoms with Crippen molar-refractivity contribution in [3.8, 4) is 0 Å². The molecule has 106 valence electrons. The van der Waals surface area contributed by atoms with Crippen LogP contribution in [-0.2, 0) is 0 Å². The number of nitrogens with one attached hydrogen (secondary N) is 2. The van der Waals surface area contributed by atoms with Crippen LogP contribution in [0.2, 0.25) is 5.02 Å². The summed E-state index contributed by atoms with van der Waals surface area (Å²) in [7, 11) is 0. The van der Waals surface area contributed by atoms with E-state index in [-0.39, 0.29) is 10.6 Å². The van der Waals surface area contributed by atoms with E-state index >= 15 is 0 Å². The van der Waals surface area contributed by atoms with Crippen molar-refractivity contribution < 1.29 is 13.6 Å². The van der Waals surface area contributed by atoms with E-state index in [1.54, 1.807) is 6.07 Å². The molecule has 21 heavy (non-hydrogen) atoms. The van der Waals surface area contributed by atoms with Crippen LogP contribution in [0.25, 0.3) is 11.1 Å². The third kappa shape index (κ3) is 2.66. The fraction of sp³-hybridized carbons (Fsp3) is 0. The molecule has 3 aromatic rings. The summed E-state index contributed by atoms with van der Waals surface area (Å²) in [6.07, 6.45) is 0. The largest absolute Gasteiger partial charge is 0.417 e. The molecule has 0 fully saturated rings. The number of oxazole rings is 1.